The Bertz CT molecular complexity index is 402. The van der Waals surface area contributed by atoms with Crippen molar-refractivity contribution in [3.05, 3.63) is 29.6 Å². The highest BCUT2D eigenvalue weighted by atomic mass is 16.2. The Morgan fingerprint density at radius 3 is 2.88 bits per heavy atom. The van der Waals surface area contributed by atoms with Crippen molar-refractivity contribution in [3.8, 4) is 0 Å². The van der Waals surface area contributed by atoms with E-state index in [0.29, 0.717) is 18.0 Å². The number of carbonyl (C=O) groups is 1. The summed E-state index contributed by atoms with van der Waals surface area (Å²) in [4.78, 5) is 18.3. The number of amides is 1. The topological polar surface area (TPSA) is 59.2 Å². The zero-order valence-electron chi connectivity index (χ0n) is 10.4. The summed E-state index contributed by atoms with van der Waals surface area (Å²) in [5, 5.41) is 0. The third kappa shape index (κ3) is 2.47. The van der Waals surface area contributed by atoms with Crippen molar-refractivity contribution in [2.75, 3.05) is 13.1 Å². The molecule has 0 radical (unpaired) electrons. The van der Waals surface area contributed by atoms with Gasteiger partial charge in [-0.25, -0.2) is 0 Å². The Balaban J connectivity index is 2.12. The van der Waals surface area contributed by atoms with Gasteiger partial charge < -0.3 is 10.6 Å². The second kappa shape index (κ2) is 4.84. The van der Waals surface area contributed by atoms with Crippen LogP contribution in [0.5, 0.6) is 0 Å². The minimum absolute atomic E-state index is 0.0703. The molecule has 4 heteroatoms. The molecule has 2 unspecified atom stereocenters. The van der Waals surface area contributed by atoms with Crippen molar-refractivity contribution < 1.29 is 4.79 Å². The van der Waals surface area contributed by atoms with Gasteiger partial charge in [0.05, 0.1) is 5.56 Å². The van der Waals surface area contributed by atoms with E-state index in [1.54, 1.807) is 6.20 Å². The van der Waals surface area contributed by atoms with E-state index in [1.807, 2.05) is 24.0 Å². The lowest BCUT2D eigenvalue weighted by atomic mass is 10.1. The lowest BCUT2D eigenvalue weighted by Gasteiger charge is -2.21. The van der Waals surface area contributed by atoms with Gasteiger partial charge in [-0.05, 0) is 44.9 Å². The predicted octanol–water partition coefficient (Wildman–Crippen LogP) is 1.20. The summed E-state index contributed by atoms with van der Waals surface area (Å²) < 4.78 is 0. The third-order valence-electron chi connectivity index (χ3n) is 3.41. The van der Waals surface area contributed by atoms with Gasteiger partial charge in [-0.2, -0.15) is 0 Å². The maximum absolute atomic E-state index is 12.3. The normalized spacial score (nSPS) is 24.1. The molecule has 1 aromatic heterocycles. The van der Waals surface area contributed by atoms with Crippen LogP contribution in [0.1, 0.15) is 29.4 Å². The molecule has 1 aromatic rings. The van der Waals surface area contributed by atoms with Crippen LogP contribution in [0.3, 0.4) is 0 Å². The summed E-state index contributed by atoms with van der Waals surface area (Å²) in [5.74, 6) is 0.508. The van der Waals surface area contributed by atoms with Crippen LogP contribution < -0.4 is 5.73 Å². The Morgan fingerprint density at radius 2 is 2.35 bits per heavy atom. The van der Waals surface area contributed by atoms with Crippen LogP contribution in [0, 0.1) is 12.8 Å². The van der Waals surface area contributed by atoms with E-state index < -0.39 is 0 Å². The molecule has 2 rings (SSSR count). The summed E-state index contributed by atoms with van der Waals surface area (Å²) in [5.41, 5.74) is 7.26. The SMILES string of the molecule is Cc1ccc(C(=O)N2CC(CN)CC2C)cn1. The number of aryl methyl sites for hydroxylation is 1. The Hall–Kier alpha value is -1.42. The van der Waals surface area contributed by atoms with E-state index in [9.17, 15) is 4.79 Å². The zero-order valence-corrected chi connectivity index (χ0v) is 10.4. The first kappa shape index (κ1) is 12.0. The van der Waals surface area contributed by atoms with Gasteiger partial charge in [0.25, 0.3) is 5.91 Å². The molecule has 1 saturated heterocycles. The molecular weight excluding hydrogens is 214 g/mol. The van der Waals surface area contributed by atoms with Gasteiger partial charge in [0.1, 0.15) is 0 Å². The standard InChI is InChI=1S/C13H19N3O/c1-9-3-4-12(7-15-9)13(17)16-8-11(6-14)5-10(16)2/h3-4,7,10-11H,5-6,8,14H2,1-2H3. The molecule has 4 nitrogen and oxygen atoms in total. The van der Waals surface area contributed by atoms with Crippen LogP contribution in [0.2, 0.25) is 0 Å². The minimum atomic E-state index is 0.0703. The van der Waals surface area contributed by atoms with Gasteiger partial charge in [-0.1, -0.05) is 0 Å². The fourth-order valence-corrected chi connectivity index (χ4v) is 2.36. The number of hydrogen-bond donors (Lipinski definition) is 1. The van der Waals surface area contributed by atoms with E-state index in [-0.39, 0.29) is 11.9 Å². The second-order valence-electron chi connectivity index (χ2n) is 4.83. The van der Waals surface area contributed by atoms with E-state index in [0.717, 1.165) is 18.7 Å². The van der Waals surface area contributed by atoms with Crippen LogP contribution >= 0.6 is 0 Å². The molecule has 0 spiro atoms. The van der Waals surface area contributed by atoms with Crippen LogP contribution in [-0.2, 0) is 0 Å². The lowest BCUT2D eigenvalue weighted by molar-refractivity contribution is 0.0743. The number of carbonyl (C=O) groups excluding carboxylic acids is 1. The molecule has 2 N–H and O–H groups in total. The zero-order chi connectivity index (χ0) is 12.4. The van der Waals surface area contributed by atoms with Crippen molar-refractivity contribution in [3.63, 3.8) is 0 Å². The number of nitrogens with two attached hydrogens (primary N) is 1. The van der Waals surface area contributed by atoms with Crippen LogP contribution in [0.15, 0.2) is 18.3 Å². The van der Waals surface area contributed by atoms with Crippen molar-refractivity contribution in [2.45, 2.75) is 26.3 Å². The maximum atomic E-state index is 12.3. The molecule has 1 amide bonds. The first-order valence-electron chi connectivity index (χ1n) is 6.05. The summed E-state index contributed by atoms with van der Waals surface area (Å²) in [6, 6.07) is 3.99. The minimum Gasteiger partial charge on any atom is -0.336 e. The molecule has 0 bridgehead atoms. The highest BCUT2D eigenvalue weighted by Gasteiger charge is 2.32. The monoisotopic (exact) mass is 233 g/mol. The number of likely N-dealkylation sites (tertiary alicyclic amines) is 1. The van der Waals surface area contributed by atoms with E-state index in [2.05, 4.69) is 11.9 Å². The Kier molecular flexibility index (Phi) is 3.43. The molecule has 0 aromatic carbocycles. The van der Waals surface area contributed by atoms with Crippen LogP contribution in [-0.4, -0.2) is 34.9 Å². The summed E-state index contributed by atoms with van der Waals surface area (Å²) in [7, 11) is 0. The van der Waals surface area contributed by atoms with Crippen molar-refractivity contribution in [1.29, 1.82) is 0 Å². The largest absolute Gasteiger partial charge is 0.336 e. The van der Waals surface area contributed by atoms with Gasteiger partial charge in [0.2, 0.25) is 0 Å². The molecular formula is C13H19N3O. The van der Waals surface area contributed by atoms with Gasteiger partial charge >= 0.3 is 0 Å². The highest BCUT2D eigenvalue weighted by Crippen LogP contribution is 2.23. The predicted molar refractivity (Wildman–Crippen MR) is 66.6 cm³/mol. The number of aromatic nitrogens is 1. The summed E-state index contributed by atoms with van der Waals surface area (Å²) in [6.07, 6.45) is 2.65. The fraction of sp³-hybridized carbons (Fsp3) is 0.538. The number of pyridine rings is 1. The first-order chi connectivity index (χ1) is 8.11. The van der Waals surface area contributed by atoms with Gasteiger partial charge in [-0.15, -0.1) is 0 Å². The van der Waals surface area contributed by atoms with Crippen molar-refractivity contribution >= 4 is 5.91 Å². The Morgan fingerprint density at radius 1 is 1.59 bits per heavy atom. The molecule has 0 aliphatic carbocycles. The molecule has 1 fully saturated rings. The summed E-state index contributed by atoms with van der Waals surface area (Å²) in [6.45, 7) is 5.41. The molecule has 2 atom stereocenters. The van der Waals surface area contributed by atoms with E-state index in [4.69, 9.17) is 5.73 Å². The Labute approximate surface area is 102 Å². The molecule has 92 valence electrons. The average Bonchev–Trinajstić information content (AvgIpc) is 2.71. The van der Waals surface area contributed by atoms with Gasteiger partial charge in [0, 0.05) is 24.5 Å². The van der Waals surface area contributed by atoms with Gasteiger partial charge in [-0.3, -0.25) is 9.78 Å². The summed E-state index contributed by atoms with van der Waals surface area (Å²) >= 11 is 0. The number of nitrogens with zero attached hydrogens (tertiary/aromatic N) is 2. The molecule has 2 heterocycles. The quantitative estimate of drug-likeness (QED) is 0.835. The van der Waals surface area contributed by atoms with Gasteiger partial charge in [0.15, 0.2) is 0 Å². The molecule has 1 aliphatic rings. The highest BCUT2D eigenvalue weighted by molar-refractivity contribution is 5.94. The number of hydrogen-bond acceptors (Lipinski definition) is 3. The first-order valence-corrected chi connectivity index (χ1v) is 6.05. The third-order valence-corrected chi connectivity index (χ3v) is 3.41. The molecule has 17 heavy (non-hydrogen) atoms. The number of rotatable bonds is 2. The fourth-order valence-electron chi connectivity index (χ4n) is 2.36. The van der Waals surface area contributed by atoms with Crippen molar-refractivity contribution in [2.24, 2.45) is 11.7 Å². The van der Waals surface area contributed by atoms with Crippen LogP contribution in [0.4, 0.5) is 0 Å². The smallest absolute Gasteiger partial charge is 0.255 e. The lowest BCUT2D eigenvalue weighted by Crippen LogP contribution is -2.34. The van der Waals surface area contributed by atoms with E-state index >= 15 is 0 Å². The molecule has 1 aliphatic heterocycles. The van der Waals surface area contributed by atoms with Crippen molar-refractivity contribution in [1.82, 2.24) is 9.88 Å². The maximum Gasteiger partial charge on any atom is 0.255 e. The van der Waals surface area contributed by atoms with Crippen LogP contribution in [0.25, 0.3) is 0 Å². The molecule has 0 saturated carbocycles. The average molecular weight is 233 g/mol. The second-order valence-corrected chi connectivity index (χ2v) is 4.83. The van der Waals surface area contributed by atoms with E-state index in [1.165, 1.54) is 0 Å².